The third-order valence-corrected chi connectivity index (χ3v) is 4.98. The van der Waals surface area contributed by atoms with E-state index in [0.717, 1.165) is 33.0 Å². The van der Waals surface area contributed by atoms with Gasteiger partial charge in [0.05, 0.1) is 6.04 Å². The van der Waals surface area contributed by atoms with Crippen LogP contribution in [0.2, 0.25) is 0 Å². The summed E-state index contributed by atoms with van der Waals surface area (Å²) >= 11 is 5.19. The summed E-state index contributed by atoms with van der Waals surface area (Å²) in [6, 6.07) is 6.60. The molecule has 3 nitrogen and oxygen atoms in total. The highest BCUT2D eigenvalue weighted by Crippen LogP contribution is 2.30. The van der Waals surface area contributed by atoms with Crippen molar-refractivity contribution in [2.45, 2.75) is 33.2 Å². The van der Waals surface area contributed by atoms with Crippen molar-refractivity contribution in [3.8, 4) is 10.6 Å². The molecule has 0 aliphatic carbocycles. The molecule has 1 heterocycles. The fraction of sp³-hybridized carbons (Fsp3) is 0.429. The van der Waals surface area contributed by atoms with Crippen molar-refractivity contribution in [3.63, 3.8) is 0 Å². The fourth-order valence-electron chi connectivity index (χ4n) is 1.92. The fourth-order valence-corrected chi connectivity index (χ4v) is 3.17. The molecule has 0 aliphatic heterocycles. The predicted octanol–water partition coefficient (Wildman–Crippen LogP) is 4.34. The Labute approximate surface area is 126 Å². The zero-order chi connectivity index (χ0) is 13.8. The number of nitrogens with one attached hydrogen (secondary N) is 1. The van der Waals surface area contributed by atoms with Crippen molar-refractivity contribution in [2.24, 2.45) is 0 Å². The summed E-state index contributed by atoms with van der Waals surface area (Å²) in [5.41, 5.74) is 2.35. The smallest absolute Gasteiger partial charge is 0.147 e. The summed E-state index contributed by atoms with van der Waals surface area (Å²) in [5, 5.41) is 14.1. The Balaban J connectivity index is 2.27. The van der Waals surface area contributed by atoms with E-state index in [1.807, 2.05) is 0 Å². The summed E-state index contributed by atoms with van der Waals surface area (Å²) in [5.74, 6) is 0. The second kappa shape index (κ2) is 6.59. The van der Waals surface area contributed by atoms with Gasteiger partial charge < -0.3 is 5.32 Å². The Morgan fingerprint density at radius 2 is 2.11 bits per heavy atom. The highest BCUT2D eigenvalue weighted by atomic mass is 79.9. The summed E-state index contributed by atoms with van der Waals surface area (Å²) in [4.78, 5) is 0. The molecule has 0 amide bonds. The lowest BCUT2D eigenvalue weighted by Gasteiger charge is -2.10. The van der Waals surface area contributed by atoms with Crippen LogP contribution < -0.4 is 5.32 Å². The molecular formula is C14H18BrN3S. The van der Waals surface area contributed by atoms with Gasteiger partial charge in [0, 0.05) is 10.0 Å². The van der Waals surface area contributed by atoms with E-state index in [1.165, 1.54) is 5.56 Å². The molecule has 1 aromatic heterocycles. The van der Waals surface area contributed by atoms with Crippen LogP contribution >= 0.6 is 27.3 Å². The minimum atomic E-state index is 0.313. The van der Waals surface area contributed by atoms with Crippen LogP contribution in [0.3, 0.4) is 0 Å². The summed E-state index contributed by atoms with van der Waals surface area (Å²) in [6.45, 7) is 7.31. The molecule has 1 N–H and O–H groups in total. The zero-order valence-electron chi connectivity index (χ0n) is 11.4. The van der Waals surface area contributed by atoms with Crippen molar-refractivity contribution in [1.29, 1.82) is 0 Å². The van der Waals surface area contributed by atoms with E-state index in [-0.39, 0.29) is 0 Å². The third-order valence-electron chi connectivity index (χ3n) is 3.00. The third kappa shape index (κ3) is 3.41. The minimum absolute atomic E-state index is 0.313. The number of aromatic nitrogens is 2. The molecule has 0 aliphatic rings. The average Bonchev–Trinajstić information content (AvgIpc) is 2.88. The van der Waals surface area contributed by atoms with Gasteiger partial charge in [-0.3, -0.25) is 0 Å². The van der Waals surface area contributed by atoms with E-state index >= 15 is 0 Å². The van der Waals surface area contributed by atoms with Crippen LogP contribution in [0.25, 0.3) is 10.6 Å². The normalized spacial score (nSPS) is 12.6. The van der Waals surface area contributed by atoms with E-state index in [1.54, 1.807) is 11.3 Å². The predicted molar refractivity (Wildman–Crippen MR) is 84.5 cm³/mol. The molecule has 0 bridgehead atoms. The van der Waals surface area contributed by atoms with Gasteiger partial charge in [-0.05, 0) is 37.6 Å². The number of benzene rings is 1. The Bertz CT molecular complexity index is 553. The van der Waals surface area contributed by atoms with E-state index in [0.29, 0.717) is 6.04 Å². The molecule has 1 atom stereocenters. The minimum Gasteiger partial charge on any atom is -0.308 e. The van der Waals surface area contributed by atoms with Gasteiger partial charge in [0.2, 0.25) is 0 Å². The lowest BCUT2D eigenvalue weighted by atomic mass is 10.1. The van der Waals surface area contributed by atoms with E-state index in [4.69, 9.17) is 0 Å². The van der Waals surface area contributed by atoms with E-state index in [9.17, 15) is 0 Å². The van der Waals surface area contributed by atoms with Crippen LogP contribution in [-0.4, -0.2) is 16.7 Å². The van der Waals surface area contributed by atoms with Gasteiger partial charge in [-0.25, -0.2) is 0 Å². The van der Waals surface area contributed by atoms with Gasteiger partial charge in [0.15, 0.2) is 0 Å². The molecule has 2 rings (SSSR count). The Morgan fingerprint density at radius 1 is 1.32 bits per heavy atom. The Morgan fingerprint density at radius 3 is 2.74 bits per heavy atom. The van der Waals surface area contributed by atoms with E-state index < -0.39 is 0 Å². The molecule has 0 radical (unpaired) electrons. The largest absolute Gasteiger partial charge is 0.308 e. The zero-order valence-corrected chi connectivity index (χ0v) is 13.8. The van der Waals surface area contributed by atoms with Crippen LogP contribution in [0.15, 0.2) is 22.7 Å². The molecule has 102 valence electrons. The second-order valence-electron chi connectivity index (χ2n) is 4.43. The summed E-state index contributed by atoms with van der Waals surface area (Å²) in [6.07, 6.45) is 1.03. The highest BCUT2D eigenvalue weighted by molar-refractivity contribution is 9.10. The lowest BCUT2D eigenvalue weighted by Crippen LogP contribution is -2.19. The van der Waals surface area contributed by atoms with E-state index in [2.05, 4.69) is 70.4 Å². The van der Waals surface area contributed by atoms with Gasteiger partial charge in [0.25, 0.3) is 0 Å². The number of hydrogen-bond acceptors (Lipinski definition) is 4. The van der Waals surface area contributed by atoms with Crippen molar-refractivity contribution in [2.75, 3.05) is 6.54 Å². The van der Waals surface area contributed by atoms with Crippen molar-refractivity contribution >= 4 is 27.3 Å². The molecule has 0 saturated carbocycles. The number of nitrogens with zero attached hydrogens (tertiary/aromatic N) is 2. The van der Waals surface area contributed by atoms with Gasteiger partial charge in [-0.1, -0.05) is 47.2 Å². The lowest BCUT2D eigenvalue weighted by molar-refractivity contribution is 0.531. The molecule has 0 spiro atoms. The molecular weight excluding hydrogens is 322 g/mol. The average molecular weight is 340 g/mol. The van der Waals surface area contributed by atoms with Crippen LogP contribution in [0.4, 0.5) is 0 Å². The van der Waals surface area contributed by atoms with Gasteiger partial charge in [0.1, 0.15) is 10.0 Å². The molecule has 0 saturated heterocycles. The van der Waals surface area contributed by atoms with Crippen LogP contribution in [0, 0.1) is 6.92 Å². The molecule has 5 heteroatoms. The maximum Gasteiger partial charge on any atom is 0.147 e. The second-order valence-corrected chi connectivity index (χ2v) is 6.29. The summed E-state index contributed by atoms with van der Waals surface area (Å²) < 4.78 is 1.13. The number of aryl methyl sites for hydroxylation is 1. The van der Waals surface area contributed by atoms with Crippen molar-refractivity contribution in [1.82, 2.24) is 15.5 Å². The van der Waals surface area contributed by atoms with Gasteiger partial charge in [-0.2, -0.15) is 0 Å². The van der Waals surface area contributed by atoms with Gasteiger partial charge in [-0.15, -0.1) is 10.2 Å². The number of halogens is 1. The van der Waals surface area contributed by atoms with Crippen LogP contribution in [0.5, 0.6) is 0 Å². The Hall–Kier alpha value is -0.780. The number of rotatable bonds is 5. The first-order valence-electron chi connectivity index (χ1n) is 6.49. The molecule has 19 heavy (non-hydrogen) atoms. The first-order valence-corrected chi connectivity index (χ1v) is 8.10. The maximum atomic E-state index is 4.33. The monoisotopic (exact) mass is 339 g/mol. The SMILES string of the molecule is CCNC(CC)c1nnc(-c2ccc(Br)c(C)c2)s1. The Kier molecular flexibility index (Phi) is 5.07. The molecule has 1 unspecified atom stereocenters. The van der Waals surface area contributed by atoms with Crippen molar-refractivity contribution in [3.05, 3.63) is 33.2 Å². The van der Waals surface area contributed by atoms with Crippen molar-refractivity contribution < 1.29 is 0 Å². The first kappa shape index (κ1) is 14.6. The van der Waals surface area contributed by atoms with Crippen LogP contribution in [-0.2, 0) is 0 Å². The maximum absolute atomic E-state index is 4.33. The highest BCUT2D eigenvalue weighted by Gasteiger charge is 2.14. The number of hydrogen-bond donors (Lipinski definition) is 1. The molecule has 1 aromatic carbocycles. The molecule has 0 fully saturated rings. The van der Waals surface area contributed by atoms with Crippen LogP contribution in [0.1, 0.15) is 36.9 Å². The standard InChI is InChI=1S/C14H18BrN3S/c1-4-12(16-5-2)14-18-17-13(19-14)10-6-7-11(15)9(3)8-10/h6-8,12,16H,4-5H2,1-3H3. The summed E-state index contributed by atoms with van der Waals surface area (Å²) in [7, 11) is 0. The molecule has 2 aromatic rings. The topological polar surface area (TPSA) is 37.8 Å². The van der Waals surface area contributed by atoms with Gasteiger partial charge >= 0.3 is 0 Å². The first-order chi connectivity index (χ1) is 9.15. The quantitative estimate of drug-likeness (QED) is 0.880.